The molecule has 0 aliphatic carbocycles. The summed E-state index contributed by atoms with van der Waals surface area (Å²) in [5.41, 5.74) is 0. The third-order valence-corrected chi connectivity index (χ3v) is 0.217. The lowest BCUT2D eigenvalue weighted by molar-refractivity contribution is -0.297. The standard InChI is InChI=1S/C3H3F3O.FH/c1-2-7-3(4,5)6;/h2H,1H2;1H. The van der Waals surface area contributed by atoms with Crippen LogP contribution in [0.5, 0.6) is 0 Å². The number of rotatable bonds is 1. The van der Waals surface area contributed by atoms with E-state index in [9.17, 15) is 13.2 Å². The third kappa shape index (κ3) is 8.98. The lowest BCUT2D eigenvalue weighted by Gasteiger charge is -2.00. The highest BCUT2D eigenvalue weighted by molar-refractivity contribution is 4.48. The second-order valence-electron chi connectivity index (χ2n) is 0.730. The summed E-state index contributed by atoms with van der Waals surface area (Å²) in [5.74, 6) is 0. The van der Waals surface area contributed by atoms with Gasteiger partial charge in [0.2, 0.25) is 0 Å². The fourth-order valence-corrected chi connectivity index (χ4v) is 0.0945. The molecule has 0 rings (SSSR count). The van der Waals surface area contributed by atoms with Gasteiger partial charge in [-0.3, -0.25) is 4.70 Å². The van der Waals surface area contributed by atoms with Gasteiger partial charge in [-0.1, -0.05) is 6.58 Å². The van der Waals surface area contributed by atoms with Crippen LogP contribution in [-0.4, -0.2) is 6.36 Å². The van der Waals surface area contributed by atoms with Crippen LogP contribution in [0.3, 0.4) is 0 Å². The Morgan fingerprint density at radius 1 is 1.38 bits per heavy atom. The summed E-state index contributed by atoms with van der Waals surface area (Å²) in [5, 5.41) is 0. The van der Waals surface area contributed by atoms with E-state index < -0.39 is 6.36 Å². The molecule has 0 aliphatic heterocycles. The Morgan fingerprint density at radius 3 is 1.75 bits per heavy atom. The van der Waals surface area contributed by atoms with Crippen LogP contribution >= 0.6 is 0 Å². The lowest BCUT2D eigenvalue weighted by atomic mass is 11.1. The molecule has 0 N–H and O–H groups in total. The van der Waals surface area contributed by atoms with Gasteiger partial charge in [-0.2, -0.15) is 0 Å². The zero-order chi connectivity index (χ0) is 5.91. The fraction of sp³-hybridized carbons (Fsp3) is 0.333. The van der Waals surface area contributed by atoms with Gasteiger partial charge >= 0.3 is 6.36 Å². The number of alkyl halides is 3. The Balaban J connectivity index is 0. The fourth-order valence-electron chi connectivity index (χ4n) is 0.0945. The van der Waals surface area contributed by atoms with Gasteiger partial charge < -0.3 is 4.74 Å². The van der Waals surface area contributed by atoms with E-state index in [4.69, 9.17) is 0 Å². The minimum Gasteiger partial charge on any atom is -0.414 e. The molecule has 0 unspecified atom stereocenters. The second kappa shape index (κ2) is 3.29. The molecule has 1 nitrogen and oxygen atoms in total. The molecule has 0 atom stereocenters. The van der Waals surface area contributed by atoms with Crippen LogP contribution in [-0.2, 0) is 4.74 Å². The minimum atomic E-state index is -4.57. The van der Waals surface area contributed by atoms with Crippen LogP contribution in [0.2, 0.25) is 0 Å². The van der Waals surface area contributed by atoms with Crippen molar-refractivity contribution in [2.24, 2.45) is 0 Å². The first-order valence-electron chi connectivity index (χ1n) is 1.42. The molecule has 0 bridgehead atoms. The van der Waals surface area contributed by atoms with E-state index in [0.29, 0.717) is 6.26 Å². The summed E-state index contributed by atoms with van der Waals surface area (Å²) in [7, 11) is 0. The van der Waals surface area contributed by atoms with Crippen molar-refractivity contribution in [1.29, 1.82) is 0 Å². The first-order valence-corrected chi connectivity index (χ1v) is 1.42. The monoisotopic (exact) mass is 132 g/mol. The minimum absolute atomic E-state index is 0. The van der Waals surface area contributed by atoms with Gasteiger partial charge in [0.05, 0.1) is 6.26 Å². The van der Waals surface area contributed by atoms with Gasteiger partial charge in [0.15, 0.2) is 0 Å². The van der Waals surface area contributed by atoms with Crippen molar-refractivity contribution in [3.63, 3.8) is 0 Å². The molecule has 0 aromatic carbocycles. The van der Waals surface area contributed by atoms with Crippen LogP contribution in [0.1, 0.15) is 0 Å². The van der Waals surface area contributed by atoms with Crippen molar-refractivity contribution in [1.82, 2.24) is 0 Å². The van der Waals surface area contributed by atoms with Crippen LogP contribution in [0.15, 0.2) is 12.8 Å². The smallest absolute Gasteiger partial charge is 0.414 e. The molecule has 0 aliphatic rings. The summed E-state index contributed by atoms with van der Waals surface area (Å²) in [6, 6.07) is 0. The van der Waals surface area contributed by atoms with Gasteiger partial charge in [0.25, 0.3) is 0 Å². The highest BCUT2D eigenvalue weighted by atomic mass is 19.4. The molecule has 8 heavy (non-hydrogen) atoms. The van der Waals surface area contributed by atoms with Crippen molar-refractivity contribution in [2.75, 3.05) is 0 Å². The van der Waals surface area contributed by atoms with Gasteiger partial charge in [-0.25, -0.2) is 0 Å². The van der Waals surface area contributed by atoms with E-state index in [0.717, 1.165) is 0 Å². The maximum absolute atomic E-state index is 10.8. The Kier molecular flexibility index (Phi) is 4.22. The normalized spacial score (nSPS) is 9.38. The quantitative estimate of drug-likeness (QED) is 0.390. The molecular formula is C3H4F4O. The van der Waals surface area contributed by atoms with Crippen molar-refractivity contribution < 1.29 is 22.6 Å². The molecular weight excluding hydrogens is 128 g/mol. The van der Waals surface area contributed by atoms with E-state index in [2.05, 4.69) is 11.3 Å². The van der Waals surface area contributed by atoms with E-state index in [1.54, 1.807) is 0 Å². The molecule has 0 saturated heterocycles. The molecule has 0 spiro atoms. The predicted octanol–water partition coefficient (Wildman–Crippen LogP) is 1.82. The van der Waals surface area contributed by atoms with E-state index >= 15 is 0 Å². The highest BCUT2D eigenvalue weighted by Gasteiger charge is 2.28. The number of ether oxygens (including phenoxy) is 1. The largest absolute Gasteiger partial charge is 0.572 e. The summed E-state index contributed by atoms with van der Waals surface area (Å²) < 4.78 is 35.3. The number of halogens is 4. The third-order valence-electron chi connectivity index (χ3n) is 0.217. The predicted molar refractivity (Wildman–Crippen MR) is 19.8 cm³/mol. The number of hydrogen-bond acceptors (Lipinski definition) is 1. The average molecular weight is 132 g/mol. The van der Waals surface area contributed by atoms with Crippen molar-refractivity contribution >= 4 is 0 Å². The van der Waals surface area contributed by atoms with Crippen molar-refractivity contribution in [3.8, 4) is 0 Å². The molecule has 0 saturated carbocycles. The molecule has 50 valence electrons. The van der Waals surface area contributed by atoms with Gasteiger partial charge in [0.1, 0.15) is 0 Å². The Bertz CT molecular complexity index is 66.2. The topological polar surface area (TPSA) is 9.23 Å². The Labute approximate surface area is 43.1 Å². The van der Waals surface area contributed by atoms with Crippen molar-refractivity contribution in [3.05, 3.63) is 12.8 Å². The molecule has 0 radical (unpaired) electrons. The molecule has 5 heteroatoms. The first kappa shape index (κ1) is 10.3. The maximum atomic E-state index is 10.8. The van der Waals surface area contributed by atoms with Crippen molar-refractivity contribution in [2.45, 2.75) is 6.36 Å². The van der Waals surface area contributed by atoms with E-state index in [1.165, 1.54) is 0 Å². The van der Waals surface area contributed by atoms with Gasteiger partial charge in [-0.05, 0) is 0 Å². The second-order valence-corrected chi connectivity index (χ2v) is 0.730. The van der Waals surface area contributed by atoms with E-state index in [1.807, 2.05) is 0 Å². The van der Waals surface area contributed by atoms with Crippen LogP contribution in [0.4, 0.5) is 17.9 Å². The zero-order valence-corrected chi connectivity index (χ0v) is 3.73. The highest BCUT2D eigenvalue weighted by Crippen LogP contribution is 2.15. The lowest BCUT2D eigenvalue weighted by Crippen LogP contribution is -2.07. The molecule has 0 aromatic rings. The SMILES string of the molecule is C=COC(F)(F)F.F. The van der Waals surface area contributed by atoms with Gasteiger partial charge in [0, 0.05) is 0 Å². The summed E-state index contributed by atoms with van der Waals surface area (Å²) in [6.07, 6.45) is -4.23. The summed E-state index contributed by atoms with van der Waals surface area (Å²) in [6.45, 7) is 2.70. The average Bonchev–Trinajstić information content (AvgIpc) is 1.30. The molecule has 0 heterocycles. The molecule has 0 amide bonds. The number of hydrogen-bond donors (Lipinski definition) is 0. The maximum Gasteiger partial charge on any atom is 0.572 e. The summed E-state index contributed by atoms with van der Waals surface area (Å²) in [4.78, 5) is 0. The molecule has 0 fully saturated rings. The molecule has 0 aromatic heterocycles. The Morgan fingerprint density at radius 2 is 1.75 bits per heavy atom. The zero-order valence-electron chi connectivity index (χ0n) is 3.73. The van der Waals surface area contributed by atoms with Crippen LogP contribution in [0.25, 0.3) is 0 Å². The van der Waals surface area contributed by atoms with Crippen LogP contribution in [0, 0.1) is 0 Å². The van der Waals surface area contributed by atoms with Gasteiger partial charge in [-0.15, -0.1) is 13.2 Å². The van der Waals surface area contributed by atoms with E-state index in [-0.39, 0.29) is 4.70 Å². The van der Waals surface area contributed by atoms with Crippen LogP contribution < -0.4 is 0 Å². The Hall–Kier alpha value is -0.740. The first-order chi connectivity index (χ1) is 3.06. The summed E-state index contributed by atoms with van der Waals surface area (Å²) >= 11 is 0.